The first-order valence-electron chi connectivity index (χ1n) is 13.9. The third-order valence-corrected chi connectivity index (χ3v) is 7.37. The molecule has 1 amide bonds. The molecule has 1 aliphatic rings. The number of carbonyl (C=O) groups is 1. The fourth-order valence-corrected chi connectivity index (χ4v) is 5.06. The van der Waals surface area contributed by atoms with E-state index in [1.165, 1.54) is 11.1 Å². The second kappa shape index (κ2) is 12.4. The first-order chi connectivity index (χ1) is 19.5. The van der Waals surface area contributed by atoms with Gasteiger partial charge in [0, 0.05) is 30.4 Å². The molecule has 4 rings (SSSR count). The minimum absolute atomic E-state index is 0.0662. The van der Waals surface area contributed by atoms with Crippen molar-refractivity contribution < 1.29 is 24.2 Å². The molecular formula is C31H39N5O5. The second-order valence-corrected chi connectivity index (χ2v) is 11.2. The Balaban J connectivity index is 1.37. The zero-order valence-electron chi connectivity index (χ0n) is 24.3. The van der Waals surface area contributed by atoms with Crippen LogP contribution >= 0.6 is 0 Å². The van der Waals surface area contributed by atoms with Crippen LogP contribution in [0.5, 0.6) is 17.4 Å². The molecule has 0 aliphatic heterocycles. The minimum atomic E-state index is -0.511. The molecule has 218 valence electrons. The van der Waals surface area contributed by atoms with Crippen LogP contribution in [0, 0.1) is 0 Å². The molecule has 2 aromatic carbocycles. The largest absolute Gasteiger partial charge is 0.490 e. The van der Waals surface area contributed by atoms with Crippen LogP contribution in [0.1, 0.15) is 77.1 Å². The summed E-state index contributed by atoms with van der Waals surface area (Å²) >= 11 is 0. The lowest BCUT2D eigenvalue weighted by atomic mass is 9.70. The van der Waals surface area contributed by atoms with Gasteiger partial charge in [-0.3, -0.25) is 0 Å². The quantitative estimate of drug-likeness (QED) is 0.120. The molecule has 1 aromatic heterocycles. The fourth-order valence-electron chi connectivity index (χ4n) is 5.06. The topological polar surface area (TPSA) is 141 Å². The van der Waals surface area contributed by atoms with Crippen LogP contribution in [0.3, 0.4) is 0 Å². The predicted molar refractivity (Wildman–Crippen MR) is 156 cm³/mol. The van der Waals surface area contributed by atoms with Gasteiger partial charge < -0.3 is 30.5 Å². The maximum atomic E-state index is 12.0. The van der Waals surface area contributed by atoms with Gasteiger partial charge in [-0.1, -0.05) is 43.3 Å². The van der Waals surface area contributed by atoms with E-state index in [1.54, 1.807) is 12.1 Å². The number of nitrogens with zero attached hydrogens (tertiary/aromatic N) is 3. The second-order valence-electron chi connectivity index (χ2n) is 11.2. The maximum Gasteiger partial charge on any atom is 0.407 e. The van der Waals surface area contributed by atoms with Crippen molar-refractivity contribution in [3.8, 4) is 17.4 Å². The molecule has 0 unspecified atom stereocenters. The molecule has 0 bridgehead atoms. The number of ether oxygens (including phenoxy) is 3. The maximum absolute atomic E-state index is 12.0. The van der Waals surface area contributed by atoms with E-state index >= 15 is 0 Å². The lowest BCUT2D eigenvalue weighted by molar-refractivity contribution is 0.0362. The summed E-state index contributed by atoms with van der Waals surface area (Å²) in [5.41, 5.74) is 7.52. The van der Waals surface area contributed by atoms with E-state index in [1.807, 2.05) is 45.0 Å². The zero-order chi connectivity index (χ0) is 29.6. The van der Waals surface area contributed by atoms with Gasteiger partial charge in [-0.05, 0) is 75.1 Å². The normalized spacial score (nSPS) is 17.3. The van der Waals surface area contributed by atoms with Crippen LogP contribution in [0.25, 0.3) is 0 Å². The number of amidine groups is 1. The first kappa shape index (κ1) is 29.6. The Morgan fingerprint density at radius 3 is 2.02 bits per heavy atom. The number of benzene rings is 2. The van der Waals surface area contributed by atoms with Gasteiger partial charge in [0.05, 0.1) is 0 Å². The Bertz CT molecular complexity index is 1330. The third kappa shape index (κ3) is 7.25. The average Bonchev–Trinajstić information content (AvgIpc) is 2.93. The Kier molecular flexibility index (Phi) is 9.00. The van der Waals surface area contributed by atoms with Crippen LogP contribution in [0.15, 0.2) is 65.8 Å². The number of rotatable bonds is 10. The van der Waals surface area contributed by atoms with Gasteiger partial charge in [0.15, 0.2) is 5.84 Å². The lowest BCUT2D eigenvalue weighted by Crippen LogP contribution is -2.50. The molecule has 1 aliphatic carbocycles. The summed E-state index contributed by atoms with van der Waals surface area (Å²) in [5.74, 6) is 1.63. The van der Waals surface area contributed by atoms with Crippen molar-refractivity contribution in [2.24, 2.45) is 10.9 Å². The number of oxime groups is 1. The van der Waals surface area contributed by atoms with E-state index in [2.05, 4.69) is 58.8 Å². The van der Waals surface area contributed by atoms with Crippen molar-refractivity contribution in [2.45, 2.75) is 83.5 Å². The molecule has 4 N–H and O–H groups in total. The molecular weight excluding hydrogens is 522 g/mol. The predicted octanol–water partition coefficient (Wildman–Crippen LogP) is 5.90. The molecule has 10 nitrogen and oxygen atoms in total. The SMILES string of the molecule is CCC(CC)(c1ccc(Oc2ccc(/C(N)=N/O)nn2)cc1)c1ccc(OC2CC(NC(=O)OC(C)(C)C)C2)cc1. The van der Waals surface area contributed by atoms with E-state index < -0.39 is 5.60 Å². The summed E-state index contributed by atoms with van der Waals surface area (Å²) in [5, 5.41) is 22.5. The molecule has 0 atom stereocenters. The highest BCUT2D eigenvalue weighted by Crippen LogP contribution is 2.40. The molecule has 1 fully saturated rings. The molecule has 1 saturated carbocycles. The molecule has 41 heavy (non-hydrogen) atoms. The van der Waals surface area contributed by atoms with Gasteiger partial charge in [-0.2, -0.15) is 0 Å². The van der Waals surface area contributed by atoms with Gasteiger partial charge in [-0.15, -0.1) is 10.2 Å². The van der Waals surface area contributed by atoms with Gasteiger partial charge in [-0.25, -0.2) is 4.79 Å². The molecule has 0 saturated heterocycles. The average molecular weight is 562 g/mol. The van der Waals surface area contributed by atoms with Crippen molar-refractivity contribution in [3.63, 3.8) is 0 Å². The summed E-state index contributed by atoms with van der Waals surface area (Å²) in [6, 6.07) is 19.6. The van der Waals surface area contributed by atoms with E-state index in [9.17, 15) is 4.79 Å². The van der Waals surface area contributed by atoms with E-state index in [0.717, 1.165) is 31.4 Å². The first-order valence-corrected chi connectivity index (χ1v) is 13.9. The summed E-state index contributed by atoms with van der Waals surface area (Å²) in [7, 11) is 0. The number of nitrogens with two attached hydrogens (primary N) is 1. The fraction of sp³-hybridized carbons (Fsp3) is 0.419. The van der Waals surface area contributed by atoms with E-state index in [-0.39, 0.29) is 35.2 Å². The number of aromatic nitrogens is 2. The van der Waals surface area contributed by atoms with Crippen molar-refractivity contribution in [2.75, 3.05) is 0 Å². The summed E-state index contributed by atoms with van der Waals surface area (Å²) < 4.78 is 17.3. The number of alkyl carbamates (subject to hydrolysis) is 1. The van der Waals surface area contributed by atoms with Crippen LogP contribution in [-0.2, 0) is 10.2 Å². The smallest absolute Gasteiger partial charge is 0.407 e. The van der Waals surface area contributed by atoms with E-state index in [4.69, 9.17) is 25.2 Å². The molecule has 1 heterocycles. The molecule has 3 aromatic rings. The zero-order valence-corrected chi connectivity index (χ0v) is 24.3. The van der Waals surface area contributed by atoms with Crippen molar-refractivity contribution >= 4 is 11.9 Å². The Morgan fingerprint density at radius 1 is 0.951 bits per heavy atom. The number of hydrogen-bond acceptors (Lipinski definition) is 8. The molecule has 0 spiro atoms. The molecule has 0 radical (unpaired) electrons. The van der Waals surface area contributed by atoms with Crippen LogP contribution in [0.2, 0.25) is 0 Å². The monoisotopic (exact) mass is 561 g/mol. The Labute approximate surface area is 240 Å². The highest BCUT2D eigenvalue weighted by atomic mass is 16.6. The summed E-state index contributed by atoms with van der Waals surface area (Å²) in [6.45, 7) is 9.95. The van der Waals surface area contributed by atoms with Crippen LogP contribution in [0.4, 0.5) is 4.79 Å². The number of amides is 1. The Hall–Kier alpha value is -4.34. The highest BCUT2D eigenvalue weighted by Gasteiger charge is 2.34. The van der Waals surface area contributed by atoms with Gasteiger partial charge in [0.25, 0.3) is 0 Å². The number of nitrogens with one attached hydrogen (secondary N) is 1. The van der Waals surface area contributed by atoms with Crippen LogP contribution in [-0.4, -0.2) is 45.1 Å². The highest BCUT2D eigenvalue weighted by molar-refractivity contribution is 5.94. The van der Waals surface area contributed by atoms with Crippen LogP contribution < -0.4 is 20.5 Å². The Morgan fingerprint density at radius 2 is 1.54 bits per heavy atom. The summed E-state index contributed by atoms with van der Waals surface area (Å²) in [4.78, 5) is 12.0. The number of hydrogen-bond donors (Lipinski definition) is 3. The lowest BCUT2D eigenvalue weighted by Gasteiger charge is -2.36. The van der Waals surface area contributed by atoms with Gasteiger partial charge in [0.2, 0.25) is 5.88 Å². The third-order valence-electron chi connectivity index (χ3n) is 7.37. The van der Waals surface area contributed by atoms with Crippen molar-refractivity contribution in [1.82, 2.24) is 15.5 Å². The van der Waals surface area contributed by atoms with E-state index in [0.29, 0.717) is 11.6 Å². The minimum Gasteiger partial charge on any atom is -0.490 e. The number of carbonyl (C=O) groups excluding carboxylic acids is 1. The molecule has 10 heteroatoms. The summed E-state index contributed by atoms with van der Waals surface area (Å²) in [6.07, 6.45) is 3.03. The standard InChI is InChI=1S/C31H39N5O5/c1-6-31(7-2,21-10-14-24(15-11-21)40-27-17-16-26(34-35-27)28(32)36-38)20-8-12-23(13-9-20)39-25-18-22(19-25)33-29(37)41-30(3,4)5/h8-17,22,25,38H,6-7,18-19H2,1-5H3,(H2,32,36)(H,33,37). The van der Waals surface area contributed by atoms with Gasteiger partial charge in [0.1, 0.15) is 28.9 Å². The van der Waals surface area contributed by atoms with Gasteiger partial charge >= 0.3 is 6.09 Å². The van der Waals surface area contributed by atoms with Crippen molar-refractivity contribution in [3.05, 3.63) is 77.5 Å². The van der Waals surface area contributed by atoms with Crippen molar-refractivity contribution in [1.29, 1.82) is 0 Å².